The van der Waals surface area contributed by atoms with E-state index >= 15 is 0 Å². The number of nitrogen functional groups attached to an aromatic ring is 1. The minimum Gasteiger partial charge on any atom is -0.492 e. The van der Waals surface area contributed by atoms with Gasteiger partial charge in [-0.15, -0.1) is 0 Å². The van der Waals surface area contributed by atoms with Crippen LogP contribution in [0.25, 0.3) is 0 Å². The third-order valence-corrected chi connectivity index (χ3v) is 1.71. The van der Waals surface area contributed by atoms with E-state index in [2.05, 4.69) is 9.97 Å². The lowest BCUT2D eigenvalue weighted by Gasteiger charge is -2.08. The maximum atomic E-state index is 5.43. The summed E-state index contributed by atoms with van der Waals surface area (Å²) in [6, 6.07) is 1.81. The number of anilines is 1. The topological polar surface area (TPSA) is 61.0 Å². The first-order valence-electron chi connectivity index (χ1n) is 3.75. The third kappa shape index (κ3) is 1.23. The Kier molecular flexibility index (Phi) is 1.66. The van der Waals surface area contributed by atoms with Crippen molar-refractivity contribution in [1.29, 1.82) is 0 Å². The maximum absolute atomic E-state index is 5.43. The molecule has 62 valence electrons. The van der Waals surface area contributed by atoms with E-state index in [9.17, 15) is 0 Å². The van der Waals surface area contributed by atoms with Crippen LogP contribution in [-0.2, 0) is 4.74 Å². The summed E-state index contributed by atoms with van der Waals surface area (Å²) in [4.78, 5) is 7.86. The van der Waals surface area contributed by atoms with Crippen LogP contribution in [0.2, 0.25) is 0 Å². The first-order chi connectivity index (χ1) is 5.86. The molecule has 2 N–H and O–H groups in total. The Morgan fingerprint density at radius 1 is 1.58 bits per heavy atom. The van der Waals surface area contributed by atoms with Gasteiger partial charge in [-0.1, -0.05) is 0 Å². The third-order valence-electron chi connectivity index (χ3n) is 1.71. The molecule has 0 aromatic carbocycles. The Morgan fingerprint density at radius 2 is 2.50 bits per heavy atom. The largest absolute Gasteiger partial charge is 0.492 e. The molecule has 12 heavy (non-hydrogen) atoms. The van der Waals surface area contributed by atoms with Gasteiger partial charge in [0.05, 0.1) is 12.0 Å². The minimum atomic E-state index is 0.0234. The molecule has 0 aliphatic carbocycles. The lowest BCUT2D eigenvalue weighted by molar-refractivity contribution is 0.169. The van der Waals surface area contributed by atoms with E-state index in [4.69, 9.17) is 10.5 Å². The molecule has 0 radical (unpaired) electrons. The van der Waals surface area contributed by atoms with Gasteiger partial charge in [-0.2, -0.15) is 0 Å². The summed E-state index contributed by atoms with van der Waals surface area (Å²) in [5.41, 5.74) is 6.27. The molecule has 1 unspecified atom stereocenters. The van der Waals surface area contributed by atoms with Crippen LogP contribution in [0, 0.1) is 0 Å². The summed E-state index contributed by atoms with van der Waals surface area (Å²) in [5, 5.41) is 0. The predicted octanol–water partition coefficient (Wildman–Crippen LogP) is 1.03. The molecule has 0 amide bonds. The van der Waals surface area contributed by atoms with Crippen LogP contribution in [0.3, 0.4) is 0 Å². The molecule has 0 saturated carbocycles. The molecule has 1 aliphatic heterocycles. The molecule has 4 nitrogen and oxygen atoms in total. The van der Waals surface area contributed by atoms with E-state index in [1.54, 1.807) is 12.5 Å². The second-order valence-corrected chi connectivity index (χ2v) is 2.57. The highest BCUT2D eigenvalue weighted by Gasteiger charge is 2.15. The molecule has 0 fully saturated rings. The van der Waals surface area contributed by atoms with Gasteiger partial charge in [0, 0.05) is 12.6 Å². The fraction of sp³-hybridized carbons (Fsp3) is 0.250. The van der Waals surface area contributed by atoms with Crippen LogP contribution in [0.15, 0.2) is 24.6 Å². The van der Waals surface area contributed by atoms with Crippen molar-refractivity contribution >= 4 is 5.95 Å². The van der Waals surface area contributed by atoms with Gasteiger partial charge in [-0.25, -0.2) is 9.97 Å². The van der Waals surface area contributed by atoms with Crippen molar-refractivity contribution in [3.05, 3.63) is 30.3 Å². The summed E-state index contributed by atoms with van der Waals surface area (Å²) in [6.07, 6.45) is 6.16. The van der Waals surface area contributed by atoms with Gasteiger partial charge in [0.1, 0.15) is 6.10 Å². The number of nitrogens with two attached hydrogens (primary N) is 1. The number of ether oxygens (including phenoxy) is 1. The second-order valence-electron chi connectivity index (χ2n) is 2.57. The van der Waals surface area contributed by atoms with E-state index in [1.165, 1.54) is 0 Å². The van der Waals surface area contributed by atoms with Crippen molar-refractivity contribution in [2.45, 2.75) is 12.5 Å². The highest BCUT2D eigenvalue weighted by atomic mass is 16.5. The number of hydrogen-bond acceptors (Lipinski definition) is 4. The zero-order valence-electron chi connectivity index (χ0n) is 6.47. The summed E-state index contributed by atoms with van der Waals surface area (Å²) in [5.74, 6) is 0.294. The number of hydrogen-bond donors (Lipinski definition) is 1. The Morgan fingerprint density at radius 3 is 3.17 bits per heavy atom. The van der Waals surface area contributed by atoms with Gasteiger partial charge in [0.25, 0.3) is 0 Å². The lowest BCUT2D eigenvalue weighted by Crippen LogP contribution is -2.02. The molecule has 0 spiro atoms. The second kappa shape index (κ2) is 2.81. The maximum Gasteiger partial charge on any atom is 0.220 e. The van der Waals surface area contributed by atoms with Gasteiger partial charge >= 0.3 is 0 Å². The first kappa shape index (κ1) is 7.09. The van der Waals surface area contributed by atoms with Crippen LogP contribution >= 0.6 is 0 Å². The Bertz CT molecular complexity index is 303. The normalized spacial score (nSPS) is 20.8. The fourth-order valence-corrected chi connectivity index (χ4v) is 1.14. The molecule has 4 heteroatoms. The van der Waals surface area contributed by atoms with Crippen LogP contribution in [-0.4, -0.2) is 9.97 Å². The lowest BCUT2D eigenvalue weighted by atomic mass is 10.2. The summed E-state index contributed by atoms with van der Waals surface area (Å²) >= 11 is 0. The molecule has 0 bridgehead atoms. The van der Waals surface area contributed by atoms with Crippen molar-refractivity contribution < 1.29 is 4.74 Å². The summed E-state index contributed by atoms with van der Waals surface area (Å²) < 4.78 is 5.27. The molecule has 1 aromatic heterocycles. The quantitative estimate of drug-likeness (QED) is 0.671. The Labute approximate surface area is 70.1 Å². The average Bonchev–Trinajstić information content (AvgIpc) is 2.56. The van der Waals surface area contributed by atoms with Crippen molar-refractivity contribution in [2.75, 3.05) is 5.73 Å². The van der Waals surface area contributed by atoms with Gasteiger partial charge < -0.3 is 10.5 Å². The van der Waals surface area contributed by atoms with Crippen LogP contribution < -0.4 is 5.73 Å². The molecular formula is C8H9N3O. The molecule has 0 saturated heterocycles. The van der Waals surface area contributed by atoms with Gasteiger partial charge in [-0.05, 0) is 12.1 Å². The molecule has 1 aliphatic rings. The summed E-state index contributed by atoms with van der Waals surface area (Å²) in [6.45, 7) is 0. The zero-order valence-corrected chi connectivity index (χ0v) is 6.47. The van der Waals surface area contributed by atoms with E-state index < -0.39 is 0 Å². The zero-order chi connectivity index (χ0) is 8.39. The predicted molar refractivity (Wildman–Crippen MR) is 44.0 cm³/mol. The van der Waals surface area contributed by atoms with E-state index in [0.29, 0.717) is 5.95 Å². The van der Waals surface area contributed by atoms with Crippen molar-refractivity contribution in [3.63, 3.8) is 0 Å². The standard InChI is InChI=1S/C8H9N3O/c9-8-10-4-3-6(11-8)7-2-1-5-12-7/h1,3-5,7H,2H2,(H2,9,10,11). The van der Waals surface area contributed by atoms with Crippen LogP contribution in [0.4, 0.5) is 5.95 Å². The molecular weight excluding hydrogens is 154 g/mol. The SMILES string of the molecule is Nc1nccc(C2CC=CO2)n1. The summed E-state index contributed by atoms with van der Waals surface area (Å²) in [7, 11) is 0. The van der Waals surface area contributed by atoms with Crippen molar-refractivity contribution in [3.8, 4) is 0 Å². The van der Waals surface area contributed by atoms with Gasteiger partial charge in [-0.3, -0.25) is 0 Å². The van der Waals surface area contributed by atoms with Crippen LogP contribution in [0.5, 0.6) is 0 Å². The van der Waals surface area contributed by atoms with E-state index in [0.717, 1.165) is 12.1 Å². The minimum absolute atomic E-state index is 0.0234. The Hall–Kier alpha value is -1.58. The average molecular weight is 163 g/mol. The van der Waals surface area contributed by atoms with Gasteiger partial charge in [0.2, 0.25) is 5.95 Å². The smallest absolute Gasteiger partial charge is 0.220 e. The van der Waals surface area contributed by atoms with Crippen molar-refractivity contribution in [2.24, 2.45) is 0 Å². The Balaban J connectivity index is 2.22. The molecule has 1 atom stereocenters. The fourth-order valence-electron chi connectivity index (χ4n) is 1.14. The highest BCUT2D eigenvalue weighted by Crippen LogP contribution is 2.24. The monoisotopic (exact) mass is 163 g/mol. The van der Waals surface area contributed by atoms with Crippen LogP contribution in [0.1, 0.15) is 18.2 Å². The molecule has 2 rings (SSSR count). The molecule has 2 heterocycles. The van der Waals surface area contributed by atoms with E-state index in [-0.39, 0.29) is 6.10 Å². The first-order valence-corrected chi connectivity index (χ1v) is 3.75. The van der Waals surface area contributed by atoms with E-state index in [1.807, 2.05) is 12.1 Å². The molecule has 1 aromatic rings. The number of aromatic nitrogens is 2. The highest BCUT2D eigenvalue weighted by molar-refractivity contribution is 5.19. The number of nitrogens with zero attached hydrogens (tertiary/aromatic N) is 2. The van der Waals surface area contributed by atoms with Crippen molar-refractivity contribution in [1.82, 2.24) is 9.97 Å². The van der Waals surface area contributed by atoms with Gasteiger partial charge in [0.15, 0.2) is 0 Å². The number of rotatable bonds is 1.